The van der Waals surface area contributed by atoms with Crippen molar-refractivity contribution in [2.24, 2.45) is 0 Å². The van der Waals surface area contributed by atoms with Crippen molar-refractivity contribution in [1.82, 2.24) is 0 Å². The van der Waals surface area contributed by atoms with Gasteiger partial charge in [-0.1, -0.05) is 32.0 Å². The second kappa shape index (κ2) is 8.99. The fourth-order valence-electron chi connectivity index (χ4n) is 2.90. The van der Waals surface area contributed by atoms with Crippen LogP contribution in [0.4, 0.5) is 15.8 Å². The van der Waals surface area contributed by atoms with Crippen LogP contribution in [-0.2, 0) is 27.7 Å². The van der Waals surface area contributed by atoms with Gasteiger partial charge in [0, 0.05) is 18.7 Å². The van der Waals surface area contributed by atoms with Crippen molar-refractivity contribution < 1.29 is 17.6 Å². The van der Waals surface area contributed by atoms with Crippen LogP contribution in [0.25, 0.3) is 0 Å². The molecule has 0 aliphatic rings. The van der Waals surface area contributed by atoms with E-state index < -0.39 is 15.8 Å². The number of rotatable bonds is 8. The Kier molecular flexibility index (Phi) is 6.96. The normalized spacial score (nSPS) is 11.3. The van der Waals surface area contributed by atoms with Gasteiger partial charge in [0.2, 0.25) is 15.9 Å². The lowest BCUT2D eigenvalue weighted by atomic mass is 10.0. The van der Waals surface area contributed by atoms with Crippen molar-refractivity contribution in [3.8, 4) is 0 Å². The van der Waals surface area contributed by atoms with E-state index in [-0.39, 0.29) is 18.9 Å². The Morgan fingerprint density at radius 1 is 1.04 bits per heavy atom. The number of benzene rings is 2. The van der Waals surface area contributed by atoms with E-state index in [2.05, 4.69) is 5.32 Å². The third-order valence-corrected chi connectivity index (χ3v) is 5.51. The third kappa shape index (κ3) is 5.53. The van der Waals surface area contributed by atoms with E-state index in [1.807, 2.05) is 32.0 Å². The second-order valence-electron chi connectivity index (χ2n) is 6.27. The first-order valence-corrected chi connectivity index (χ1v) is 10.7. The smallest absolute Gasteiger partial charge is 0.232 e. The minimum atomic E-state index is -3.59. The Balaban J connectivity index is 2.14. The predicted octanol–water partition coefficient (Wildman–Crippen LogP) is 3.75. The summed E-state index contributed by atoms with van der Waals surface area (Å²) in [6.07, 6.45) is 2.63. The molecule has 0 unspecified atom stereocenters. The Hall–Kier alpha value is -2.41. The number of anilines is 2. The van der Waals surface area contributed by atoms with E-state index in [4.69, 9.17) is 0 Å². The van der Waals surface area contributed by atoms with Gasteiger partial charge in [-0.3, -0.25) is 9.10 Å². The van der Waals surface area contributed by atoms with Gasteiger partial charge in [0.1, 0.15) is 5.82 Å². The molecule has 0 saturated carbocycles. The molecule has 0 fully saturated rings. The number of amides is 1. The first-order valence-electron chi connectivity index (χ1n) is 8.90. The summed E-state index contributed by atoms with van der Waals surface area (Å²) in [6.45, 7) is 4.01. The largest absolute Gasteiger partial charge is 0.326 e. The molecular weight excluding hydrogens is 367 g/mol. The van der Waals surface area contributed by atoms with E-state index in [1.165, 1.54) is 24.3 Å². The van der Waals surface area contributed by atoms with Gasteiger partial charge >= 0.3 is 0 Å². The number of sulfonamides is 1. The van der Waals surface area contributed by atoms with Crippen molar-refractivity contribution in [3.63, 3.8) is 0 Å². The maximum atomic E-state index is 13.1. The highest BCUT2D eigenvalue weighted by Crippen LogP contribution is 2.23. The van der Waals surface area contributed by atoms with Crippen molar-refractivity contribution in [2.75, 3.05) is 22.4 Å². The number of para-hydroxylation sites is 1. The monoisotopic (exact) mass is 392 g/mol. The standard InChI is InChI=1S/C20H25FN2O3S/c1-4-15-7-6-8-16(5-2)20(15)22-19(24)13-14-23(27(3,25)26)18-11-9-17(21)10-12-18/h6-12H,4-5,13-14H2,1-3H3,(H,22,24). The summed E-state index contributed by atoms with van der Waals surface area (Å²) in [6, 6.07) is 11.1. The molecule has 146 valence electrons. The highest BCUT2D eigenvalue weighted by Gasteiger charge is 2.19. The van der Waals surface area contributed by atoms with E-state index in [0.29, 0.717) is 5.69 Å². The minimum absolute atomic E-state index is 0.00828. The number of nitrogens with one attached hydrogen (secondary N) is 1. The Morgan fingerprint density at radius 2 is 1.59 bits per heavy atom. The highest BCUT2D eigenvalue weighted by atomic mass is 32.2. The fraction of sp³-hybridized carbons (Fsp3) is 0.350. The predicted molar refractivity (Wildman–Crippen MR) is 107 cm³/mol. The van der Waals surface area contributed by atoms with Crippen LogP contribution in [0.5, 0.6) is 0 Å². The molecule has 2 aromatic carbocycles. The second-order valence-corrected chi connectivity index (χ2v) is 8.17. The van der Waals surface area contributed by atoms with Gasteiger partial charge in [0.25, 0.3) is 0 Å². The first kappa shape index (κ1) is 20.9. The van der Waals surface area contributed by atoms with Crippen LogP contribution >= 0.6 is 0 Å². The average Bonchev–Trinajstić information content (AvgIpc) is 2.62. The number of carbonyl (C=O) groups is 1. The number of aryl methyl sites for hydroxylation is 2. The van der Waals surface area contributed by atoms with Crippen LogP contribution in [0.15, 0.2) is 42.5 Å². The summed E-state index contributed by atoms with van der Waals surface area (Å²) in [5.74, 6) is -0.713. The summed E-state index contributed by atoms with van der Waals surface area (Å²) in [7, 11) is -3.59. The van der Waals surface area contributed by atoms with Gasteiger partial charge < -0.3 is 5.32 Å². The van der Waals surface area contributed by atoms with Crippen LogP contribution in [0, 0.1) is 5.82 Å². The molecule has 2 rings (SSSR count). The zero-order valence-corrected chi connectivity index (χ0v) is 16.6. The Morgan fingerprint density at radius 3 is 2.07 bits per heavy atom. The van der Waals surface area contributed by atoms with Gasteiger partial charge in [-0.2, -0.15) is 0 Å². The van der Waals surface area contributed by atoms with Crippen molar-refractivity contribution in [2.45, 2.75) is 33.1 Å². The van der Waals surface area contributed by atoms with Crippen LogP contribution in [0.1, 0.15) is 31.4 Å². The topological polar surface area (TPSA) is 66.5 Å². The Bertz CT molecular complexity index is 874. The van der Waals surface area contributed by atoms with Gasteiger partial charge in [-0.15, -0.1) is 0 Å². The molecule has 0 saturated heterocycles. The molecule has 0 aliphatic carbocycles. The molecule has 0 aliphatic heterocycles. The van der Waals surface area contributed by atoms with E-state index in [9.17, 15) is 17.6 Å². The number of halogens is 1. The van der Waals surface area contributed by atoms with Crippen molar-refractivity contribution in [1.29, 1.82) is 0 Å². The lowest BCUT2D eigenvalue weighted by molar-refractivity contribution is -0.116. The van der Waals surface area contributed by atoms with Gasteiger partial charge in [-0.05, 0) is 48.2 Å². The molecular formula is C20H25FN2O3S. The van der Waals surface area contributed by atoms with E-state index in [1.54, 1.807) is 0 Å². The van der Waals surface area contributed by atoms with Crippen LogP contribution in [0.3, 0.4) is 0 Å². The van der Waals surface area contributed by atoms with Crippen LogP contribution in [0.2, 0.25) is 0 Å². The zero-order valence-electron chi connectivity index (χ0n) is 15.8. The molecule has 0 heterocycles. The first-order chi connectivity index (χ1) is 12.8. The molecule has 0 bridgehead atoms. The summed E-state index contributed by atoms with van der Waals surface area (Å²) in [5.41, 5.74) is 3.22. The summed E-state index contributed by atoms with van der Waals surface area (Å²) >= 11 is 0. The highest BCUT2D eigenvalue weighted by molar-refractivity contribution is 7.92. The summed E-state index contributed by atoms with van der Waals surface area (Å²) < 4.78 is 38.4. The maximum Gasteiger partial charge on any atom is 0.232 e. The van der Waals surface area contributed by atoms with Crippen LogP contribution in [-0.4, -0.2) is 27.1 Å². The molecule has 0 radical (unpaired) electrons. The lowest BCUT2D eigenvalue weighted by Crippen LogP contribution is -2.33. The maximum absolute atomic E-state index is 13.1. The van der Waals surface area contributed by atoms with Crippen LogP contribution < -0.4 is 9.62 Å². The molecule has 5 nitrogen and oxygen atoms in total. The number of hydrogen-bond acceptors (Lipinski definition) is 3. The number of hydrogen-bond donors (Lipinski definition) is 1. The molecule has 0 atom stereocenters. The summed E-state index contributed by atoms with van der Waals surface area (Å²) in [5, 5.41) is 2.93. The number of nitrogens with zero attached hydrogens (tertiary/aromatic N) is 1. The quantitative estimate of drug-likeness (QED) is 0.744. The Labute approximate surface area is 160 Å². The molecule has 0 spiro atoms. The van der Waals surface area contributed by atoms with Crippen molar-refractivity contribution >= 4 is 27.3 Å². The zero-order chi connectivity index (χ0) is 20.0. The van der Waals surface area contributed by atoms with Gasteiger partial charge in [-0.25, -0.2) is 12.8 Å². The van der Waals surface area contributed by atoms with Gasteiger partial charge in [0.05, 0.1) is 11.9 Å². The molecule has 1 N–H and O–H groups in total. The molecule has 1 amide bonds. The average molecular weight is 392 g/mol. The van der Waals surface area contributed by atoms with E-state index >= 15 is 0 Å². The SMILES string of the molecule is CCc1cccc(CC)c1NC(=O)CCN(c1ccc(F)cc1)S(C)(=O)=O. The molecule has 2 aromatic rings. The lowest BCUT2D eigenvalue weighted by Gasteiger charge is -2.22. The molecule has 0 aromatic heterocycles. The minimum Gasteiger partial charge on any atom is -0.326 e. The number of carbonyl (C=O) groups excluding carboxylic acids is 1. The van der Waals surface area contributed by atoms with Crippen molar-refractivity contribution in [3.05, 3.63) is 59.4 Å². The van der Waals surface area contributed by atoms with E-state index in [0.717, 1.165) is 40.2 Å². The fourth-order valence-corrected chi connectivity index (χ4v) is 3.83. The van der Waals surface area contributed by atoms with Gasteiger partial charge in [0.15, 0.2) is 0 Å². The third-order valence-electron chi connectivity index (χ3n) is 4.32. The molecule has 7 heteroatoms. The molecule has 27 heavy (non-hydrogen) atoms. The summed E-state index contributed by atoms with van der Waals surface area (Å²) in [4.78, 5) is 12.5.